The molecule has 0 radical (unpaired) electrons. The molecule has 5 atom stereocenters. The van der Waals surface area contributed by atoms with Gasteiger partial charge in [-0.05, 0) is 63.2 Å². The summed E-state index contributed by atoms with van der Waals surface area (Å²) in [7, 11) is 0. The molecule has 22 heavy (non-hydrogen) atoms. The Morgan fingerprint density at radius 3 is 2.59 bits per heavy atom. The number of hydrogen-bond acceptors (Lipinski definition) is 3. The predicted molar refractivity (Wildman–Crippen MR) is 88.7 cm³/mol. The highest BCUT2D eigenvalue weighted by molar-refractivity contribution is 5.82. The average molecular weight is 310 g/mol. The largest absolute Gasteiger partial charge is 0.390 e. The Balaban J connectivity index is 1.87. The lowest BCUT2D eigenvalue weighted by Crippen LogP contribution is -2.37. The van der Waals surface area contributed by atoms with Gasteiger partial charge in [0.25, 0.3) is 0 Å². The topological polar surface area (TPSA) is 46.5 Å². The first-order valence-electron chi connectivity index (χ1n) is 9.28. The minimum absolute atomic E-state index is 0.196. The van der Waals surface area contributed by atoms with Crippen molar-refractivity contribution in [2.24, 2.45) is 23.7 Å². The molecular weight excluding hydrogens is 276 g/mol. The van der Waals surface area contributed by atoms with Crippen molar-refractivity contribution in [2.75, 3.05) is 6.61 Å². The van der Waals surface area contributed by atoms with Crippen molar-refractivity contribution in [2.45, 2.75) is 84.3 Å². The molecule has 0 aliphatic heterocycles. The van der Waals surface area contributed by atoms with Gasteiger partial charge in [-0.15, -0.1) is 0 Å². The van der Waals surface area contributed by atoms with E-state index in [0.717, 1.165) is 38.5 Å². The van der Waals surface area contributed by atoms with Crippen LogP contribution in [0.1, 0.15) is 72.6 Å². The Morgan fingerprint density at radius 2 is 1.95 bits per heavy atom. The second-order valence-electron chi connectivity index (χ2n) is 7.66. The maximum atomic E-state index is 12.1. The molecule has 0 aromatic carbocycles. The number of ketones is 1. The van der Waals surface area contributed by atoms with Gasteiger partial charge in [0, 0.05) is 18.9 Å². The molecule has 0 aromatic rings. The van der Waals surface area contributed by atoms with Crippen LogP contribution in [0, 0.1) is 23.7 Å². The number of carbonyl (C=O) groups is 1. The van der Waals surface area contributed by atoms with Crippen LogP contribution in [-0.4, -0.2) is 29.2 Å². The SMILES string of the molecule is CCC(O)(CC)CCOC(C)C1CCC2C(=O)CC[C@@H](C)C21. The fourth-order valence-corrected chi connectivity index (χ4v) is 4.71. The summed E-state index contributed by atoms with van der Waals surface area (Å²) in [6.45, 7) is 9.15. The predicted octanol–water partition coefficient (Wildman–Crippen LogP) is 3.97. The molecular formula is C19H34O3. The Morgan fingerprint density at radius 1 is 1.27 bits per heavy atom. The van der Waals surface area contributed by atoms with Crippen molar-refractivity contribution >= 4 is 5.78 Å². The Labute approximate surface area is 135 Å². The van der Waals surface area contributed by atoms with E-state index in [9.17, 15) is 9.90 Å². The quantitative estimate of drug-likeness (QED) is 0.774. The van der Waals surface area contributed by atoms with Crippen LogP contribution in [0.5, 0.6) is 0 Å². The number of Topliss-reactive ketones (excluding diaryl/α,β-unsaturated/α-hetero) is 1. The van der Waals surface area contributed by atoms with Gasteiger partial charge >= 0.3 is 0 Å². The van der Waals surface area contributed by atoms with Crippen molar-refractivity contribution in [3.8, 4) is 0 Å². The van der Waals surface area contributed by atoms with Gasteiger partial charge in [0.15, 0.2) is 0 Å². The van der Waals surface area contributed by atoms with Crippen LogP contribution in [-0.2, 0) is 9.53 Å². The van der Waals surface area contributed by atoms with Crippen molar-refractivity contribution in [1.29, 1.82) is 0 Å². The second-order valence-corrected chi connectivity index (χ2v) is 7.66. The average Bonchev–Trinajstić information content (AvgIpc) is 2.97. The smallest absolute Gasteiger partial charge is 0.136 e. The Kier molecular flexibility index (Phi) is 6.07. The number of rotatable bonds is 7. The summed E-state index contributed by atoms with van der Waals surface area (Å²) in [5, 5.41) is 10.3. The number of ether oxygens (including phenoxy) is 1. The molecule has 1 N–H and O–H groups in total. The molecule has 0 heterocycles. The maximum Gasteiger partial charge on any atom is 0.136 e. The van der Waals surface area contributed by atoms with Crippen LogP contribution in [0.15, 0.2) is 0 Å². The van der Waals surface area contributed by atoms with Crippen molar-refractivity contribution in [3.63, 3.8) is 0 Å². The van der Waals surface area contributed by atoms with Gasteiger partial charge in [0.05, 0.1) is 11.7 Å². The van der Waals surface area contributed by atoms with Crippen LogP contribution < -0.4 is 0 Å². The summed E-state index contributed by atoms with van der Waals surface area (Å²) >= 11 is 0. The first kappa shape index (κ1) is 17.9. The number of aliphatic hydroxyl groups is 1. The minimum Gasteiger partial charge on any atom is -0.390 e. The molecule has 2 fully saturated rings. The number of fused-ring (bicyclic) bond motifs is 1. The Bertz CT molecular complexity index is 375. The molecule has 2 saturated carbocycles. The zero-order chi connectivity index (χ0) is 16.3. The zero-order valence-corrected chi connectivity index (χ0v) is 14.8. The summed E-state index contributed by atoms with van der Waals surface area (Å²) in [5.74, 6) is 2.46. The van der Waals surface area contributed by atoms with Crippen LogP contribution in [0.2, 0.25) is 0 Å². The monoisotopic (exact) mass is 310 g/mol. The van der Waals surface area contributed by atoms with Crippen molar-refractivity contribution in [1.82, 2.24) is 0 Å². The summed E-state index contributed by atoms with van der Waals surface area (Å²) in [4.78, 5) is 12.1. The fourth-order valence-electron chi connectivity index (χ4n) is 4.71. The maximum absolute atomic E-state index is 12.1. The van der Waals surface area contributed by atoms with Crippen molar-refractivity contribution < 1.29 is 14.6 Å². The Hall–Kier alpha value is -0.410. The summed E-state index contributed by atoms with van der Waals surface area (Å²) in [6.07, 6.45) is 6.47. The van der Waals surface area contributed by atoms with Gasteiger partial charge < -0.3 is 9.84 Å². The van der Waals surface area contributed by atoms with Gasteiger partial charge in [0.2, 0.25) is 0 Å². The van der Waals surface area contributed by atoms with Crippen LogP contribution in [0.3, 0.4) is 0 Å². The molecule has 0 aromatic heterocycles. The van der Waals surface area contributed by atoms with Gasteiger partial charge in [-0.3, -0.25) is 4.79 Å². The van der Waals surface area contributed by atoms with Crippen LogP contribution >= 0.6 is 0 Å². The standard InChI is InChI=1S/C19H34O3/c1-5-19(21,6-2)11-12-22-14(4)15-8-9-16-17(20)10-7-13(3)18(15)16/h13-16,18,21H,5-12H2,1-4H3/t13-,14?,15?,16?,18?/m1/s1. The second kappa shape index (κ2) is 7.44. The van der Waals surface area contributed by atoms with Crippen LogP contribution in [0.4, 0.5) is 0 Å². The van der Waals surface area contributed by atoms with E-state index in [-0.39, 0.29) is 6.10 Å². The third-order valence-corrected chi connectivity index (χ3v) is 6.55. The molecule has 0 bridgehead atoms. The first-order valence-corrected chi connectivity index (χ1v) is 9.28. The van der Waals surface area contributed by atoms with Gasteiger partial charge in [-0.25, -0.2) is 0 Å². The minimum atomic E-state index is -0.577. The van der Waals surface area contributed by atoms with Crippen LogP contribution in [0.25, 0.3) is 0 Å². The summed E-state index contributed by atoms with van der Waals surface area (Å²) in [5.41, 5.74) is -0.577. The first-order chi connectivity index (χ1) is 10.4. The third-order valence-electron chi connectivity index (χ3n) is 6.55. The normalized spacial score (nSPS) is 33.8. The van der Waals surface area contributed by atoms with Gasteiger partial charge in [0.1, 0.15) is 5.78 Å². The molecule has 0 spiro atoms. The lowest BCUT2D eigenvalue weighted by molar-refractivity contribution is -0.128. The lowest BCUT2D eigenvalue weighted by atomic mass is 9.70. The van der Waals surface area contributed by atoms with Gasteiger partial charge in [-0.2, -0.15) is 0 Å². The summed E-state index contributed by atoms with van der Waals surface area (Å²) in [6, 6.07) is 0. The molecule has 2 aliphatic rings. The highest BCUT2D eigenvalue weighted by Crippen LogP contribution is 2.48. The van der Waals surface area contributed by atoms with E-state index in [2.05, 4.69) is 13.8 Å². The highest BCUT2D eigenvalue weighted by Gasteiger charge is 2.47. The third kappa shape index (κ3) is 3.73. The van der Waals surface area contributed by atoms with Crippen molar-refractivity contribution in [3.05, 3.63) is 0 Å². The molecule has 4 unspecified atom stereocenters. The molecule has 3 nitrogen and oxygen atoms in total. The summed E-state index contributed by atoms with van der Waals surface area (Å²) < 4.78 is 6.09. The number of hydrogen-bond donors (Lipinski definition) is 1. The molecule has 3 heteroatoms. The van der Waals surface area contributed by atoms with E-state index in [0.29, 0.717) is 42.5 Å². The van der Waals surface area contributed by atoms with E-state index in [1.54, 1.807) is 0 Å². The fraction of sp³-hybridized carbons (Fsp3) is 0.947. The van der Waals surface area contributed by atoms with E-state index in [1.807, 2.05) is 13.8 Å². The lowest BCUT2D eigenvalue weighted by Gasteiger charge is -2.36. The molecule has 0 saturated heterocycles. The number of carbonyl (C=O) groups excluding carboxylic acids is 1. The zero-order valence-electron chi connectivity index (χ0n) is 14.8. The van der Waals surface area contributed by atoms with Gasteiger partial charge in [-0.1, -0.05) is 20.8 Å². The highest BCUT2D eigenvalue weighted by atomic mass is 16.5. The molecule has 2 rings (SSSR count). The van der Waals surface area contributed by atoms with E-state index in [4.69, 9.17) is 4.74 Å². The molecule has 128 valence electrons. The van der Waals surface area contributed by atoms with E-state index in [1.165, 1.54) is 0 Å². The van der Waals surface area contributed by atoms with E-state index < -0.39 is 5.60 Å². The molecule has 2 aliphatic carbocycles. The molecule has 0 amide bonds. The van der Waals surface area contributed by atoms with E-state index >= 15 is 0 Å².